The van der Waals surface area contributed by atoms with E-state index in [-0.39, 0.29) is 0 Å². The first-order valence-electron chi connectivity index (χ1n) is 7.50. The van der Waals surface area contributed by atoms with E-state index in [4.69, 9.17) is 5.73 Å². The van der Waals surface area contributed by atoms with Crippen LogP contribution in [0.15, 0.2) is 30.3 Å². The van der Waals surface area contributed by atoms with Gasteiger partial charge in [-0.1, -0.05) is 6.92 Å². The highest BCUT2D eigenvalue weighted by atomic mass is 15.1. The second-order valence-corrected chi connectivity index (χ2v) is 5.31. The van der Waals surface area contributed by atoms with Crippen LogP contribution in [0.1, 0.15) is 25.6 Å². The first-order valence-corrected chi connectivity index (χ1v) is 7.50. The van der Waals surface area contributed by atoms with Gasteiger partial charge in [-0.25, -0.2) is 9.97 Å². The van der Waals surface area contributed by atoms with Crippen LogP contribution in [-0.2, 0) is 6.42 Å². The van der Waals surface area contributed by atoms with Crippen LogP contribution >= 0.6 is 0 Å². The second-order valence-electron chi connectivity index (χ2n) is 5.31. The molecule has 0 spiro atoms. The molecule has 0 amide bonds. The van der Waals surface area contributed by atoms with Gasteiger partial charge in [0.2, 0.25) is 0 Å². The van der Waals surface area contributed by atoms with Crippen LogP contribution < -0.4 is 16.0 Å². The summed E-state index contributed by atoms with van der Waals surface area (Å²) in [6.45, 7) is 4.34. The lowest BCUT2D eigenvalue weighted by Gasteiger charge is -2.18. The number of nitrogens with one attached hydrogen (secondary N) is 1. The summed E-state index contributed by atoms with van der Waals surface area (Å²) in [5.74, 6) is 2.00. The average Bonchev–Trinajstić information content (AvgIpc) is 3.01. The molecular weight excluding hydrogens is 262 g/mol. The summed E-state index contributed by atoms with van der Waals surface area (Å²) in [5.41, 5.74) is 8.10. The predicted octanol–water partition coefficient (Wildman–Crippen LogP) is 2.97. The number of hydrogen-bond donors (Lipinski definition) is 2. The van der Waals surface area contributed by atoms with Crippen LogP contribution in [0.2, 0.25) is 0 Å². The van der Waals surface area contributed by atoms with Crippen molar-refractivity contribution in [2.45, 2.75) is 26.2 Å². The van der Waals surface area contributed by atoms with Crippen molar-refractivity contribution in [3.8, 4) is 0 Å². The molecule has 0 aliphatic carbocycles. The van der Waals surface area contributed by atoms with Crippen LogP contribution in [0.4, 0.5) is 23.0 Å². The van der Waals surface area contributed by atoms with Crippen molar-refractivity contribution in [2.75, 3.05) is 29.0 Å². The minimum atomic E-state index is 0.498. The third-order valence-corrected chi connectivity index (χ3v) is 3.72. The maximum atomic E-state index is 5.80. The van der Waals surface area contributed by atoms with Gasteiger partial charge in [0, 0.05) is 37.0 Å². The lowest BCUT2D eigenvalue weighted by atomic mass is 10.2. The van der Waals surface area contributed by atoms with E-state index in [1.165, 1.54) is 18.5 Å². The van der Waals surface area contributed by atoms with Gasteiger partial charge in [0.15, 0.2) is 0 Å². The summed E-state index contributed by atoms with van der Waals surface area (Å²) in [4.78, 5) is 11.0. The van der Waals surface area contributed by atoms with E-state index in [1.54, 1.807) is 6.07 Å². The molecule has 2 aromatic rings. The SMILES string of the molecule is CCc1nc(N)cc(Nc2ccc(N3CCCC3)cc2)n1. The van der Waals surface area contributed by atoms with Crippen molar-refractivity contribution < 1.29 is 0 Å². The van der Waals surface area contributed by atoms with Crippen molar-refractivity contribution in [3.05, 3.63) is 36.2 Å². The minimum Gasteiger partial charge on any atom is -0.384 e. The summed E-state index contributed by atoms with van der Waals surface area (Å²) in [5, 5.41) is 3.29. The molecule has 5 heteroatoms. The van der Waals surface area contributed by atoms with Gasteiger partial charge >= 0.3 is 0 Å². The molecule has 1 aliphatic rings. The molecular formula is C16H21N5. The number of aromatic nitrogens is 2. The van der Waals surface area contributed by atoms with Gasteiger partial charge < -0.3 is 16.0 Å². The van der Waals surface area contributed by atoms with Gasteiger partial charge in [-0.3, -0.25) is 0 Å². The van der Waals surface area contributed by atoms with Gasteiger partial charge in [0.1, 0.15) is 17.5 Å². The molecule has 1 aromatic heterocycles. The summed E-state index contributed by atoms with van der Waals surface area (Å²) in [6, 6.07) is 10.2. The van der Waals surface area contributed by atoms with Crippen molar-refractivity contribution >= 4 is 23.0 Å². The van der Waals surface area contributed by atoms with Crippen LogP contribution in [0, 0.1) is 0 Å². The number of nitrogen functional groups attached to an aromatic ring is 1. The molecule has 3 N–H and O–H groups in total. The Balaban J connectivity index is 1.74. The molecule has 0 radical (unpaired) electrons. The molecule has 1 fully saturated rings. The second kappa shape index (κ2) is 5.99. The molecule has 21 heavy (non-hydrogen) atoms. The number of anilines is 4. The van der Waals surface area contributed by atoms with Gasteiger partial charge in [-0.2, -0.15) is 0 Å². The zero-order chi connectivity index (χ0) is 14.7. The number of aryl methyl sites for hydroxylation is 1. The Morgan fingerprint density at radius 3 is 2.52 bits per heavy atom. The summed E-state index contributed by atoms with van der Waals surface area (Å²) in [6.07, 6.45) is 3.35. The van der Waals surface area contributed by atoms with Crippen molar-refractivity contribution in [3.63, 3.8) is 0 Å². The molecule has 1 aromatic carbocycles. The summed E-state index contributed by atoms with van der Waals surface area (Å²) in [7, 11) is 0. The standard InChI is InChI=1S/C16H21N5/c1-2-15-19-14(17)11-16(20-15)18-12-5-7-13(8-6-12)21-9-3-4-10-21/h5-8,11H,2-4,9-10H2,1H3,(H3,17,18,19,20). The van der Waals surface area contributed by atoms with E-state index in [0.717, 1.165) is 36.8 Å². The van der Waals surface area contributed by atoms with Crippen LogP contribution in [0.25, 0.3) is 0 Å². The molecule has 0 bridgehead atoms. The smallest absolute Gasteiger partial charge is 0.136 e. The zero-order valence-electron chi connectivity index (χ0n) is 12.3. The Labute approximate surface area is 125 Å². The fraction of sp³-hybridized carbons (Fsp3) is 0.375. The van der Waals surface area contributed by atoms with E-state index in [2.05, 4.69) is 44.5 Å². The van der Waals surface area contributed by atoms with Gasteiger partial charge in [-0.05, 0) is 37.1 Å². The number of nitrogens with two attached hydrogens (primary N) is 1. The highest BCUT2D eigenvalue weighted by Gasteiger charge is 2.11. The fourth-order valence-electron chi connectivity index (χ4n) is 2.62. The van der Waals surface area contributed by atoms with Gasteiger partial charge in [0.05, 0.1) is 0 Å². The molecule has 3 rings (SSSR count). The normalized spacial score (nSPS) is 14.4. The van der Waals surface area contributed by atoms with E-state index >= 15 is 0 Å². The summed E-state index contributed by atoms with van der Waals surface area (Å²) >= 11 is 0. The molecule has 0 unspecified atom stereocenters. The zero-order valence-corrected chi connectivity index (χ0v) is 12.3. The van der Waals surface area contributed by atoms with Crippen molar-refractivity contribution in [2.24, 2.45) is 0 Å². The Morgan fingerprint density at radius 1 is 1.14 bits per heavy atom. The van der Waals surface area contributed by atoms with E-state index in [9.17, 15) is 0 Å². The Hall–Kier alpha value is -2.30. The quantitative estimate of drug-likeness (QED) is 0.903. The third kappa shape index (κ3) is 3.24. The molecule has 0 atom stereocenters. The van der Waals surface area contributed by atoms with Crippen molar-refractivity contribution in [1.29, 1.82) is 0 Å². The topological polar surface area (TPSA) is 67.1 Å². The number of hydrogen-bond acceptors (Lipinski definition) is 5. The maximum absolute atomic E-state index is 5.80. The Morgan fingerprint density at radius 2 is 1.86 bits per heavy atom. The first-order chi connectivity index (χ1) is 10.2. The lowest BCUT2D eigenvalue weighted by Crippen LogP contribution is -2.17. The Kier molecular flexibility index (Phi) is 3.90. The molecule has 1 saturated heterocycles. The summed E-state index contributed by atoms with van der Waals surface area (Å²) < 4.78 is 0. The van der Waals surface area contributed by atoms with E-state index < -0.39 is 0 Å². The van der Waals surface area contributed by atoms with Crippen LogP contribution in [0.3, 0.4) is 0 Å². The van der Waals surface area contributed by atoms with Crippen molar-refractivity contribution in [1.82, 2.24) is 9.97 Å². The van der Waals surface area contributed by atoms with Gasteiger partial charge in [0.25, 0.3) is 0 Å². The van der Waals surface area contributed by atoms with Crippen LogP contribution in [-0.4, -0.2) is 23.1 Å². The largest absolute Gasteiger partial charge is 0.384 e. The number of nitrogens with zero attached hydrogens (tertiary/aromatic N) is 3. The van der Waals surface area contributed by atoms with Crippen LogP contribution in [0.5, 0.6) is 0 Å². The highest BCUT2D eigenvalue weighted by molar-refractivity contribution is 5.62. The predicted molar refractivity (Wildman–Crippen MR) is 87.0 cm³/mol. The monoisotopic (exact) mass is 283 g/mol. The average molecular weight is 283 g/mol. The number of rotatable bonds is 4. The fourth-order valence-corrected chi connectivity index (χ4v) is 2.62. The minimum absolute atomic E-state index is 0.498. The molecule has 110 valence electrons. The first kappa shape index (κ1) is 13.7. The molecule has 0 saturated carbocycles. The van der Waals surface area contributed by atoms with E-state index in [0.29, 0.717) is 5.82 Å². The van der Waals surface area contributed by atoms with Gasteiger partial charge in [-0.15, -0.1) is 0 Å². The Bertz CT molecular complexity index is 603. The molecule has 5 nitrogen and oxygen atoms in total. The highest BCUT2D eigenvalue weighted by Crippen LogP contribution is 2.23. The maximum Gasteiger partial charge on any atom is 0.136 e. The van der Waals surface area contributed by atoms with E-state index in [1.807, 2.05) is 6.92 Å². The third-order valence-electron chi connectivity index (χ3n) is 3.72. The lowest BCUT2D eigenvalue weighted by molar-refractivity contribution is 0.948. The number of benzene rings is 1. The molecule has 2 heterocycles. The molecule has 1 aliphatic heterocycles.